The fraction of sp³-hybridized carbons (Fsp3) is 0.400. The van der Waals surface area contributed by atoms with E-state index in [9.17, 15) is 9.59 Å². The van der Waals surface area contributed by atoms with Crippen molar-refractivity contribution in [1.29, 1.82) is 0 Å². The molecule has 8 nitrogen and oxygen atoms in total. The van der Waals surface area contributed by atoms with Crippen molar-refractivity contribution in [2.24, 2.45) is 5.92 Å². The summed E-state index contributed by atoms with van der Waals surface area (Å²) in [5.41, 5.74) is 5.99. The minimum absolute atomic E-state index is 0.0720. The van der Waals surface area contributed by atoms with Crippen molar-refractivity contribution in [2.75, 3.05) is 31.6 Å². The number of rotatable bonds is 11. The first-order valence-electron chi connectivity index (χ1n) is 13.3. The average Bonchev–Trinajstić information content (AvgIpc) is 3.35. The molecule has 3 aromatic rings. The Balaban J connectivity index is 1.52. The smallest absolute Gasteiger partial charge is 0.256 e. The number of carbonyl (C=O) groups excluding carboxylic acids is 2. The van der Waals surface area contributed by atoms with Crippen molar-refractivity contribution in [1.82, 2.24) is 25.3 Å². The molecule has 1 aromatic heterocycles. The van der Waals surface area contributed by atoms with Crippen molar-refractivity contribution in [3.05, 3.63) is 77.7 Å². The summed E-state index contributed by atoms with van der Waals surface area (Å²) in [6.45, 7) is 8.54. The van der Waals surface area contributed by atoms with Gasteiger partial charge >= 0.3 is 0 Å². The molecule has 2 heterocycles. The first-order valence-corrected chi connectivity index (χ1v) is 13.3. The lowest BCUT2D eigenvalue weighted by atomic mass is 10.1. The van der Waals surface area contributed by atoms with Crippen LogP contribution >= 0.6 is 0 Å². The Morgan fingerprint density at radius 1 is 1.05 bits per heavy atom. The third-order valence-electron chi connectivity index (χ3n) is 6.98. The van der Waals surface area contributed by atoms with Crippen LogP contribution in [0.4, 0.5) is 5.69 Å². The molecule has 0 aliphatic carbocycles. The van der Waals surface area contributed by atoms with E-state index in [-0.39, 0.29) is 24.9 Å². The number of hydrazine groups is 1. The second-order valence-electron chi connectivity index (χ2n) is 10.3. The molecular formula is C30H38N6O2. The number of hydrogen-bond acceptors (Lipinski definition) is 6. The van der Waals surface area contributed by atoms with Gasteiger partial charge in [0.15, 0.2) is 0 Å². The normalized spacial score (nSPS) is 12.9. The molecule has 38 heavy (non-hydrogen) atoms. The Hall–Kier alpha value is -3.78. The van der Waals surface area contributed by atoms with Crippen molar-refractivity contribution in [2.45, 2.75) is 46.7 Å². The van der Waals surface area contributed by atoms with Crippen LogP contribution in [0, 0.1) is 12.8 Å². The fourth-order valence-corrected chi connectivity index (χ4v) is 4.72. The molecule has 4 rings (SSSR count). The van der Waals surface area contributed by atoms with Crippen LogP contribution in [0.1, 0.15) is 43.4 Å². The number of fused-ring (bicyclic) bond motifs is 1. The largest absolute Gasteiger partial charge is 0.355 e. The maximum Gasteiger partial charge on any atom is 0.256 e. The highest BCUT2D eigenvalue weighted by Crippen LogP contribution is 2.28. The van der Waals surface area contributed by atoms with Crippen molar-refractivity contribution in [3.8, 4) is 11.3 Å². The maximum atomic E-state index is 13.5. The van der Waals surface area contributed by atoms with Gasteiger partial charge in [-0.05, 0) is 54.5 Å². The molecule has 0 radical (unpaired) electrons. The van der Waals surface area contributed by atoms with Gasteiger partial charge in [-0.15, -0.1) is 0 Å². The zero-order valence-corrected chi connectivity index (χ0v) is 22.9. The molecular weight excluding hydrogens is 476 g/mol. The first-order chi connectivity index (χ1) is 18.3. The highest BCUT2D eigenvalue weighted by molar-refractivity contribution is 5.87. The SMILES string of the molecule is Cc1ccc(-c2ccncn2)cc1N(CC(=O)NCCCC(C)C)CC(=O)N(C)N1Cc2ccccc2C1. The molecule has 0 unspecified atom stereocenters. The summed E-state index contributed by atoms with van der Waals surface area (Å²) in [4.78, 5) is 36.8. The second kappa shape index (κ2) is 12.6. The number of benzene rings is 2. The van der Waals surface area contributed by atoms with E-state index < -0.39 is 0 Å². The molecule has 1 aliphatic rings. The monoisotopic (exact) mass is 514 g/mol. The van der Waals surface area contributed by atoms with E-state index in [1.54, 1.807) is 11.2 Å². The number of nitrogens with one attached hydrogen (secondary N) is 1. The summed E-state index contributed by atoms with van der Waals surface area (Å²) in [5, 5.41) is 6.77. The molecule has 0 saturated heterocycles. The number of carbonyl (C=O) groups is 2. The van der Waals surface area contributed by atoms with Gasteiger partial charge in [0.25, 0.3) is 5.91 Å². The molecule has 2 amide bonds. The standard InChI is InChI=1S/C30H38N6O2/c1-22(2)8-7-14-32-29(37)19-35(28-16-24(12-11-23(28)3)27-13-15-31-21-33-27)20-30(38)34(4)36-17-25-9-5-6-10-26(25)18-36/h5-6,9-13,15-16,21-22H,7-8,14,17-20H2,1-4H3,(H,32,37). The zero-order chi connectivity index (χ0) is 27.1. The van der Waals surface area contributed by atoms with E-state index in [0.717, 1.165) is 35.3 Å². The van der Waals surface area contributed by atoms with E-state index >= 15 is 0 Å². The minimum Gasteiger partial charge on any atom is -0.355 e. The first kappa shape index (κ1) is 27.3. The van der Waals surface area contributed by atoms with Crippen LogP contribution in [0.15, 0.2) is 61.1 Å². The van der Waals surface area contributed by atoms with Gasteiger partial charge in [-0.1, -0.05) is 50.2 Å². The summed E-state index contributed by atoms with van der Waals surface area (Å²) >= 11 is 0. The molecule has 0 spiro atoms. The average molecular weight is 515 g/mol. The van der Waals surface area contributed by atoms with Crippen LogP contribution in [-0.2, 0) is 22.7 Å². The van der Waals surface area contributed by atoms with E-state index in [0.29, 0.717) is 25.6 Å². The van der Waals surface area contributed by atoms with E-state index in [4.69, 9.17) is 0 Å². The number of anilines is 1. The van der Waals surface area contributed by atoms with Gasteiger partial charge in [-0.25, -0.2) is 15.0 Å². The van der Waals surface area contributed by atoms with Gasteiger partial charge in [0, 0.05) is 44.1 Å². The van der Waals surface area contributed by atoms with Crippen LogP contribution in [0.3, 0.4) is 0 Å². The molecule has 0 saturated carbocycles. The Kier molecular flexibility index (Phi) is 9.07. The van der Waals surface area contributed by atoms with Crippen LogP contribution < -0.4 is 10.2 Å². The Bertz CT molecular complexity index is 1220. The number of likely N-dealkylation sites (N-methyl/N-ethyl adjacent to an activating group) is 1. The highest BCUT2D eigenvalue weighted by Gasteiger charge is 2.27. The molecule has 1 N–H and O–H groups in total. The van der Waals surface area contributed by atoms with E-state index in [1.165, 1.54) is 17.5 Å². The van der Waals surface area contributed by atoms with Crippen LogP contribution in [0.25, 0.3) is 11.3 Å². The predicted octanol–water partition coefficient (Wildman–Crippen LogP) is 4.20. The van der Waals surface area contributed by atoms with Crippen molar-refractivity contribution < 1.29 is 9.59 Å². The lowest BCUT2D eigenvalue weighted by Gasteiger charge is -2.32. The number of nitrogens with zero attached hydrogens (tertiary/aromatic N) is 5. The predicted molar refractivity (Wildman–Crippen MR) is 150 cm³/mol. The van der Waals surface area contributed by atoms with Gasteiger partial charge in [0.1, 0.15) is 6.33 Å². The highest BCUT2D eigenvalue weighted by atomic mass is 16.2. The van der Waals surface area contributed by atoms with Gasteiger partial charge in [0.2, 0.25) is 5.91 Å². The summed E-state index contributed by atoms with van der Waals surface area (Å²) in [6.07, 6.45) is 5.22. The third-order valence-corrected chi connectivity index (χ3v) is 6.98. The van der Waals surface area contributed by atoms with Crippen LogP contribution in [0.5, 0.6) is 0 Å². The maximum absolute atomic E-state index is 13.5. The van der Waals surface area contributed by atoms with E-state index in [2.05, 4.69) is 41.3 Å². The summed E-state index contributed by atoms with van der Waals surface area (Å²) in [5.74, 6) is 0.433. The molecule has 200 valence electrons. The summed E-state index contributed by atoms with van der Waals surface area (Å²) in [7, 11) is 1.81. The lowest BCUT2D eigenvalue weighted by molar-refractivity contribution is -0.145. The molecule has 2 aromatic carbocycles. The molecule has 1 aliphatic heterocycles. The van der Waals surface area contributed by atoms with Crippen LogP contribution in [-0.4, -0.2) is 58.5 Å². The van der Waals surface area contributed by atoms with Gasteiger partial charge in [-0.3, -0.25) is 14.6 Å². The molecule has 0 fully saturated rings. The Morgan fingerprint density at radius 2 is 1.79 bits per heavy atom. The van der Waals surface area contributed by atoms with Gasteiger partial charge < -0.3 is 10.2 Å². The second-order valence-corrected chi connectivity index (χ2v) is 10.3. The Morgan fingerprint density at radius 3 is 2.45 bits per heavy atom. The number of hydrogen-bond donors (Lipinski definition) is 1. The van der Waals surface area contributed by atoms with Crippen molar-refractivity contribution >= 4 is 17.5 Å². The number of amides is 2. The summed E-state index contributed by atoms with van der Waals surface area (Å²) < 4.78 is 0. The van der Waals surface area contributed by atoms with Crippen LogP contribution in [0.2, 0.25) is 0 Å². The number of aryl methyl sites for hydroxylation is 1. The third kappa shape index (κ3) is 6.95. The quantitative estimate of drug-likeness (QED) is 0.386. The summed E-state index contributed by atoms with van der Waals surface area (Å²) in [6, 6.07) is 16.1. The van der Waals surface area contributed by atoms with Gasteiger partial charge in [-0.2, -0.15) is 0 Å². The minimum atomic E-state index is -0.0929. The number of aromatic nitrogens is 2. The van der Waals surface area contributed by atoms with Crippen molar-refractivity contribution in [3.63, 3.8) is 0 Å². The zero-order valence-electron chi connectivity index (χ0n) is 22.9. The lowest BCUT2D eigenvalue weighted by Crippen LogP contribution is -2.48. The fourth-order valence-electron chi connectivity index (χ4n) is 4.72. The molecule has 0 bridgehead atoms. The van der Waals surface area contributed by atoms with Gasteiger partial charge in [0.05, 0.1) is 18.8 Å². The topological polar surface area (TPSA) is 81.7 Å². The molecule has 0 atom stereocenters. The van der Waals surface area contributed by atoms with E-state index in [1.807, 2.05) is 60.3 Å². The molecule has 8 heteroatoms. The Labute approximate surface area is 225 Å².